The predicted molar refractivity (Wildman–Crippen MR) is 78.6 cm³/mol. The first-order chi connectivity index (χ1) is 9.77. The van der Waals surface area contributed by atoms with Gasteiger partial charge in [0.2, 0.25) is 5.91 Å². The summed E-state index contributed by atoms with van der Waals surface area (Å²) < 4.78 is 5.35. The smallest absolute Gasteiger partial charge is 0.222 e. The molecule has 1 saturated carbocycles. The third-order valence-electron chi connectivity index (χ3n) is 5.42. The maximum Gasteiger partial charge on any atom is 0.222 e. The number of hydrogen-bond acceptors (Lipinski definition) is 3. The van der Waals surface area contributed by atoms with Crippen LogP contribution in [0.3, 0.4) is 0 Å². The summed E-state index contributed by atoms with van der Waals surface area (Å²) in [7, 11) is 0. The Balaban J connectivity index is 1.37. The molecule has 3 aliphatic rings. The number of carbonyl (C=O) groups excluding carboxylic acids is 1. The van der Waals surface area contributed by atoms with Gasteiger partial charge in [-0.2, -0.15) is 0 Å². The number of ether oxygens (including phenoxy) is 1. The van der Waals surface area contributed by atoms with Crippen LogP contribution in [0.4, 0.5) is 0 Å². The minimum Gasteiger partial charge on any atom is -0.379 e. The van der Waals surface area contributed by atoms with Crippen molar-refractivity contribution < 1.29 is 9.53 Å². The van der Waals surface area contributed by atoms with Crippen LogP contribution in [-0.2, 0) is 9.53 Å². The van der Waals surface area contributed by atoms with Gasteiger partial charge < -0.3 is 9.64 Å². The predicted octanol–water partition coefficient (Wildman–Crippen LogP) is 1.89. The molecule has 1 aliphatic carbocycles. The zero-order valence-electron chi connectivity index (χ0n) is 12.6. The van der Waals surface area contributed by atoms with Gasteiger partial charge in [-0.15, -0.1) is 0 Å². The number of likely N-dealkylation sites (tertiary alicyclic amines) is 1. The molecule has 20 heavy (non-hydrogen) atoms. The molecule has 0 aromatic carbocycles. The molecule has 0 bridgehead atoms. The molecule has 4 heteroatoms. The van der Waals surface area contributed by atoms with Gasteiger partial charge in [0.25, 0.3) is 0 Å². The van der Waals surface area contributed by atoms with Gasteiger partial charge in [-0.3, -0.25) is 9.69 Å². The van der Waals surface area contributed by atoms with E-state index in [0.717, 1.165) is 58.8 Å². The van der Waals surface area contributed by atoms with Crippen molar-refractivity contribution in [1.29, 1.82) is 0 Å². The minimum atomic E-state index is 0.391. The third-order valence-corrected chi connectivity index (χ3v) is 5.42. The number of carbonyl (C=O) groups is 1. The monoisotopic (exact) mass is 280 g/mol. The number of rotatable bonds is 4. The second-order valence-electron chi connectivity index (χ2n) is 6.83. The summed E-state index contributed by atoms with van der Waals surface area (Å²) in [5, 5.41) is 0. The van der Waals surface area contributed by atoms with Crippen molar-refractivity contribution in [2.45, 2.75) is 44.9 Å². The van der Waals surface area contributed by atoms with E-state index in [4.69, 9.17) is 4.74 Å². The molecule has 3 rings (SSSR count). The van der Waals surface area contributed by atoms with E-state index in [1.54, 1.807) is 0 Å². The molecule has 0 N–H and O–H groups in total. The SMILES string of the molecule is O=C(CCCN1CCOCC1)N1CCC2(CCCC2)C1. The molecule has 0 atom stereocenters. The van der Waals surface area contributed by atoms with Crippen molar-refractivity contribution >= 4 is 5.91 Å². The van der Waals surface area contributed by atoms with E-state index in [0.29, 0.717) is 11.3 Å². The molecule has 114 valence electrons. The van der Waals surface area contributed by atoms with Crippen LogP contribution in [-0.4, -0.2) is 61.6 Å². The number of nitrogens with zero attached hydrogens (tertiary/aromatic N) is 2. The summed E-state index contributed by atoms with van der Waals surface area (Å²) in [5.74, 6) is 0.391. The van der Waals surface area contributed by atoms with Crippen LogP contribution >= 0.6 is 0 Å². The van der Waals surface area contributed by atoms with E-state index in [-0.39, 0.29) is 0 Å². The number of hydrogen-bond donors (Lipinski definition) is 0. The summed E-state index contributed by atoms with van der Waals surface area (Å²) in [6.45, 7) is 6.86. The highest BCUT2D eigenvalue weighted by molar-refractivity contribution is 5.76. The first-order valence-electron chi connectivity index (χ1n) is 8.35. The molecule has 0 radical (unpaired) electrons. The first kappa shape index (κ1) is 14.3. The number of morpholine rings is 1. The van der Waals surface area contributed by atoms with Crippen molar-refractivity contribution in [2.24, 2.45) is 5.41 Å². The molecular formula is C16H28N2O2. The molecule has 3 fully saturated rings. The standard InChI is InChI=1S/C16H28N2O2/c19-15(4-3-8-17-10-12-20-13-11-17)18-9-7-16(14-18)5-1-2-6-16/h1-14H2. The first-order valence-corrected chi connectivity index (χ1v) is 8.35. The van der Waals surface area contributed by atoms with Crippen LogP contribution in [0, 0.1) is 5.41 Å². The van der Waals surface area contributed by atoms with Crippen molar-refractivity contribution in [2.75, 3.05) is 45.9 Å². The summed E-state index contributed by atoms with van der Waals surface area (Å²) in [6, 6.07) is 0. The molecule has 2 saturated heterocycles. The highest BCUT2D eigenvalue weighted by Gasteiger charge is 2.41. The Kier molecular flexibility index (Phi) is 4.61. The molecule has 0 aromatic heterocycles. The Morgan fingerprint density at radius 3 is 2.55 bits per heavy atom. The number of amides is 1. The fourth-order valence-electron chi connectivity index (χ4n) is 4.12. The largest absolute Gasteiger partial charge is 0.379 e. The van der Waals surface area contributed by atoms with Crippen LogP contribution in [0.15, 0.2) is 0 Å². The van der Waals surface area contributed by atoms with Gasteiger partial charge in [0.05, 0.1) is 13.2 Å². The molecule has 4 nitrogen and oxygen atoms in total. The summed E-state index contributed by atoms with van der Waals surface area (Å²) in [6.07, 6.45) is 8.44. The average Bonchev–Trinajstić information content (AvgIpc) is 3.11. The molecule has 2 aliphatic heterocycles. The molecular weight excluding hydrogens is 252 g/mol. The fraction of sp³-hybridized carbons (Fsp3) is 0.938. The molecule has 1 amide bonds. The van der Waals surface area contributed by atoms with Crippen LogP contribution in [0.2, 0.25) is 0 Å². The van der Waals surface area contributed by atoms with Gasteiger partial charge in [-0.25, -0.2) is 0 Å². The van der Waals surface area contributed by atoms with E-state index >= 15 is 0 Å². The fourth-order valence-corrected chi connectivity index (χ4v) is 4.12. The quantitative estimate of drug-likeness (QED) is 0.788. The normalized spacial score (nSPS) is 26.5. The van der Waals surface area contributed by atoms with Crippen molar-refractivity contribution in [3.63, 3.8) is 0 Å². The van der Waals surface area contributed by atoms with Crippen molar-refractivity contribution in [3.8, 4) is 0 Å². The highest BCUT2D eigenvalue weighted by atomic mass is 16.5. The lowest BCUT2D eigenvalue weighted by Gasteiger charge is -2.27. The van der Waals surface area contributed by atoms with Gasteiger partial charge in [0, 0.05) is 32.6 Å². The van der Waals surface area contributed by atoms with Gasteiger partial charge in [0.1, 0.15) is 0 Å². The zero-order valence-corrected chi connectivity index (χ0v) is 12.6. The summed E-state index contributed by atoms with van der Waals surface area (Å²) in [4.78, 5) is 16.9. The molecule has 0 aromatic rings. The van der Waals surface area contributed by atoms with E-state index in [2.05, 4.69) is 9.80 Å². The molecule has 1 spiro atoms. The van der Waals surface area contributed by atoms with Crippen molar-refractivity contribution in [1.82, 2.24) is 9.80 Å². The van der Waals surface area contributed by atoms with Crippen LogP contribution < -0.4 is 0 Å². The van der Waals surface area contributed by atoms with Crippen LogP contribution in [0.5, 0.6) is 0 Å². The third kappa shape index (κ3) is 3.34. The Hall–Kier alpha value is -0.610. The van der Waals surface area contributed by atoms with E-state index < -0.39 is 0 Å². The maximum absolute atomic E-state index is 12.3. The Morgan fingerprint density at radius 2 is 1.80 bits per heavy atom. The van der Waals surface area contributed by atoms with E-state index in [1.165, 1.54) is 32.1 Å². The Labute approximate surface area is 122 Å². The molecule has 2 heterocycles. The van der Waals surface area contributed by atoms with Gasteiger partial charge in [-0.1, -0.05) is 12.8 Å². The van der Waals surface area contributed by atoms with Crippen LogP contribution in [0.1, 0.15) is 44.9 Å². The van der Waals surface area contributed by atoms with Crippen molar-refractivity contribution in [3.05, 3.63) is 0 Å². The second kappa shape index (κ2) is 6.44. The average molecular weight is 280 g/mol. The lowest BCUT2D eigenvalue weighted by atomic mass is 9.86. The van der Waals surface area contributed by atoms with Gasteiger partial charge in [-0.05, 0) is 37.6 Å². The van der Waals surface area contributed by atoms with Gasteiger partial charge >= 0.3 is 0 Å². The van der Waals surface area contributed by atoms with Crippen LogP contribution in [0.25, 0.3) is 0 Å². The zero-order chi connectivity index (χ0) is 13.8. The lowest BCUT2D eigenvalue weighted by Crippen LogP contribution is -2.37. The second-order valence-corrected chi connectivity index (χ2v) is 6.83. The minimum absolute atomic E-state index is 0.391. The lowest BCUT2D eigenvalue weighted by molar-refractivity contribution is -0.130. The van der Waals surface area contributed by atoms with E-state index in [9.17, 15) is 4.79 Å². The van der Waals surface area contributed by atoms with E-state index in [1.807, 2.05) is 0 Å². The maximum atomic E-state index is 12.3. The molecule has 0 unspecified atom stereocenters. The summed E-state index contributed by atoms with van der Waals surface area (Å²) >= 11 is 0. The summed E-state index contributed by atoms with van der Waals surface area (Å²) in [5.41, 5.74) is 0.514. The Bertz CT molecular complexity index is 333. The highest BCUT2D eigenvalue weighted by Crippen LogP contribution is 2.45. The topological polar surface area (TPSA) is 32.8 Å². The Morgan fingerprint density at radius 1 is 1.05 bits per heavy atom. The van der Waals surface area contributed by atoms with Gasteiger partial charge in [0.15, 0.2) is 0 Å².